The van der Waals surface area contributed by atoms with Crippen molar-refractivity contribution in [2.24, 2.45) is 0 Å². The monoisotopic (exact) mass is 239 g/mol. The molecule has 0 saturated heterocycles. The van der Waals surface area contributed by atoms with Gasteiger partial charge in [0, 0.05) is 0 Å². The van der Waals surface area contributed by atoms with Gasteiger partial charge in [-0.2, -0.15) is 0 Å². The first-order valence-corrected chi connectivity index (χ1v) is 6.65. The molecule has 95 valence electrons. The first kappa shape index (κ1) is 13.1. The van der Waals surface area contributed by atoms with Crippen LogP contribution < -0.4 is 0 Å². The Morgan fingerprint density at radius 3 is 2.00 bits per heavy atom. The molecule has 0 aromatic heterocycles. The highest BCUT2D eigenvalue weighted by Gasteiger charge is 2.23. The Labute approximate surface area is 111 Å². The quantitative estimate of drug-likeness (QED) is 0.593. The van der Waals surface area contributed by atoms with Crippen LogP contribution in [0, 0.1) is 6.07 Å². The van der Waals surface area contributed by atoms with Crippen molar-refractivity contribution in [1.29, 1.82) is 0 Å². The molecule has 18 heavy (non-hydrogen) atoms. The molecule has 0 bridgehead atoms. The lowest BCUT2D eigenvalue weighted by molar-refractivity contribution is 0.588. The predicted octanol–water partition coefficient (Wildman–Crippen LogP) is 5.19. The van der Waals surface area contributed by atoms with Crippen LogP contribution in [0.2, 0.25) is 0 Å². The van der Waals surface area contributed by atoms with Gasteiger partial charge in [0.05, 0.1) is 0 Å². The zero-order valence-electron chi connectivity index (χ0n) is 12.4. The Morgan fingerprint density at radius 1 is 0.833 bits per heavy atom. The summed E-state index contributed by atoms with van der Waals surface area (Å²) in [7, 11) is 0. The molecule has 2 rings (SSSR count). The van der Waals surface area contributed by atoms with E-state index in [1.54, 1.807) is 0 Å². The maximum absolute atomic E-state index is 3.57. The lowest BCUT2D eigenvalue weighted by Gasteiger charge is -2.21. The normalized spacial score (nSPS) is 13.0. The van der Waals surface area contributed by atoms with Gasteiger partial charge in [0.2, 0.25) is 0 Å². The Balaban J connectivity index is 2.71. The summed E-state index contributed by atoms with van der Waals surface area (Å²) in [5, 5.41) is 0. The highest BCUT2D eigenvalue weighted by atomic mass is 14.3. The Bertz CT molecular complexity index is 521. The predicted molar refractivity (Wildman–Crippen MR) is 79.3 cm³/mol. The minimum Gasteiger partial charge on any atom is -0.0619 e. The van der Waals surface area contributed by atoms with Crippen molar-refractivity contribution in [1.82, 2.24) is 0 Å². The van der Waals surface area contributed by atoms with Crippen LogP contribution in [0.4, 0.5) is 0 Å². The Kier molecular flexibility index (Phi) is 3.01. The van der Waals surface area contributed by atoms with Crippen LogP contribution in [0.25, 0.3) is 11.1 Å². The van der Waals surface area contributed by atoms with Gasteiger partial charge in [-0.05, 0) is 45.2 Å². The minimum absolute atomic E-state index is 0.159. The second kappa shape index (κ2) is 4.12. The van der Waals surface area contributed by atoms with Gasteiger partial charge in [-0.3, -0.25) is 0 Å². The lowest BCUT2D eigenvalue weighted by atomic mass is 9.84. The standard InChI is InChI=1S/C18H23/c1-17(2,3)14-11-13-9-7-8-10-16(15(13)12-14)18(4,5)6/h7-10,12H,1-6H3. The van der Waals surface area contributed by atoms with Crippen LogP contribution in [-0.4, -0.2) is 0 Å². The first-order chi connectivity index (χ1) is 8.19. The minimum atomic E-state index is 0.159. The van der Waals surface area contributed by atoms with Gasteiger partial charge >= 0.3 is 0 Å². The van der Waals surface area contributed by atoms with Crippen molar-refractivity contribution < 1.29 is 0 Å². The molecular weight excluding hydrogens is 216 g/mol. The van der Waals surface area contributed by atoms with Crippen LogP contribution >= 0.6 is 0 Å². The smallest absolute Gasteiger partial charge is 0.00584 e. The third-order valence-electron chi connectivity index (χ3n) is 3.39. The van der Waals surface area contributed by atoms with Gasteiger partial charge < -0.3 is 0 Å². The van der Waals surface area contributed by atoms with E-state index in [4.69, 9.17) is 0 Å². The third-order valence-corrected chi connectivity index (χ3v) is 3.39. The topological polar surface area (TPSA) is 0 Å². The molecule has 0 nitrogen and oxygen atoms in total. The number of rotatable bonds is 0. The number of fused-ring (bicyclic) bond motifs is 1. The molecule has 0 aromatic rings. The molecule has 0 aromatic carbocycles. The number of hydrogen-bond donors (Lipinski definition) is 0. The van der Waals surface area contributed by atoms with Crippen molar-refractivity contribution in [2.75, 3.05) is 0 Å². The molecule has 0 atom stereocenters. The first-order valence-electron chi connectivity index (χ1n) is 6.65. The maximum Gasteiger partial charge on any atom is -0.00584 e. The molecular formula is C18H23. The summed E-state index contributed by atoms with van der Waals surface area (Å²) in [5.41, 5.74) is 5.59. The van der Waals surface area contributed by atoms with E-state index in [0.29, 0.717) is 0 Å². The van der Waals surface area contributed by atoms with E-state index in [1.807, 2.05) is 0 Å². The summed E-state index contributed by atoms with van der Waals surface area (Å²) in [4.78, 5) is 0. The molecule has 2 aliphatic carbocycles. The highest BCUT2D eigenvalue weighted by molar-refractivity contribution is 5.72. The highest BCUT2D eigenvalue weighted by Crippen LogP contribution is 2.38. The second-order valence-corrected chi connectivity index (χ2v) is 7.14. The summed E-state index contributed by atoms with van der Waals surface area (Å²) < 4.78 is 0. The van der Waals surface area contributed by atoms with Gasteiger partial charge in [0.25, 0.3) is 0 Å². The van der Waals surface area contributed by atoms with Crippen LogP contribution in [0.15, 0.2) is 30.3 Å². The zero-order chi connectivity index (χ0) is 13.6. The van der Waals surface area contributed by atoms with E-state index in [-0.39, 0.29) is 10.8 Å². The van der Waals surface area contributed by atoms with Crippen molar-refractivity contribution in [2.45, 2.75) is 52.4 Å². The van der Waals surface area contributed by atoms with Crippen LogP contribution in [-0.2, 0) is 10.8 Å². The fourth-order valence-electron chi connectivity index (χ4n) is 2.28. The van der Waals surface area contributed by atoms with E-state index in [9.17, 15) is 0 Å². The molecule has 0 heteroatoms. The summed E-state index contributed by atoms with van der Waals surface area (Å²) in [6.07, 6.45) is 0. The Hall–Kier alpha value is -1.30. The molecule has 1 radical (unpaired) electrons. The summed E-state index contributed by atoms with van der Waals surface area (Å²) >= 11 is 0. The van der Waals surface area contributed by atoms with E-state index >= 15 is 0 Å². The average Bonchev–Trinajstić information content (AvgIpc) is 2.50. The molecule has 0 saturated carbocycles. The van der Waals surface area contributed by atoms with Crippen molar-refractivity contribution >= 4 is 0 Å². The second-order valence-electron chi connectivity index (χ2n) is 7.14. The molecule has 0 N–H and O–H groups in total. The van der Waals surface area contributed by atoms with Gasteiger partial charge in [-0.1, -0.05) is 65.8 Å². The van der Waals surface area contributed by atoms with E-state index < -0.39 is 0 Å². The number of hydrogen-bond acceptors (Lipinski definition) is 0. The van der Waals surface area contributed by atoms with Gasteiger partial charge in [0.1, 0.15) is 0 Å². The molecule has 0 amide bonds. The lowest BCUT2D eigenvalue weighted by Crippen LogP contribution is -2.11. The van der Waals surface area contributed by atoms with Gasteiger partial charge in [-0.25, -0.2) is 0 Å². The SMILES string of the molecule is CC(C)(C)c1[c]c2ccccc(C(C)(C)C)c-2c1. The Morgan fingerprint density at radius 2 is 1.44 bits per heavy atom. The van der Waals surface area contributed by atoms with E-state index in [1.165, 1.54) is 22.3 Å². The maximum atomic E-state index is 3.57. The molecule has 0 heterocycles. The van der Waals surface area contributed by atoms with Crippen molar-refractivity contribution in [3.8, 4) is 11.1 Å². The average molecular weight is 239 g/mol. The summed E-state index contributed by atoms with van der Waals surface area (Å²) in [5.74, 6) is 0. The fraction of sp³-hybridized carbons (Fsp3) is 0.444. The molecule has 0 unspecified atom stereocenters. The molecule has 0 spiro atoms. The fourth-order valence-corrected chi connectivity index (χ4v) is 2.28. The van der Waals surface area contributed by atoms with E-state index in [0.717, 1.165) is 0 Å². The van der Waals surface area contributed by atoms with Crippen LogP contribution in [0.3, 0.4) is 0 Å². The van der Waals surface area contributed by atoms with Gasteiger partial charge in [-0.15, -0.1) is 0 Å². The van der Waals surface area contributed by atoms with Crippen molar-refractivity contribution in [3.63, 3.8) is 0 Å². The molecule has 0 aliphatic heterocycles. The third kappa shape index (κ3) is 2.43. The van der Waals surface area contributed by atoms with Gasteiger partial charge in [0.15, 0.2) is 0 Å². The molecule has 0 fully saturated rings. The molecule has 2 aliphatic rings. The van der Waals surface area contributed by atoms with Crippen molar-refractivity contribution in [3.05, 3.63) is 47.5 Å². The largest absolute Gasteiger partial charge is 0.0619 e. The van der Waals surface area contributed by atoms with Crippen LogP contribution in [0.1, 0.15) is 52.7 Å². The zero-order valence-corrected chi connectivity index (χ0v) is 12.4. The summed E-state index contributed by atoms with van der Waals surface area (Å²) in [6.45, 7) is 13.5. The van der Waals surface area contributed by atoms with Crippen LogP contribution in [0.5, 0.6) is 0 Å². The van der Waals surface area contributed by atoms with E-state index in [2.05, 4.69) is 77.9 Å². The summed E-state index contributed by atoms with van der Waals surface area (Å²) in [6, 6.07) is 14.5.